The number of pyridine rings is 2. The standard InChI is InChI=1S/C18H19N5O/c1-10-9-20-16-15(11(10)2)21-17(22-16)18(24)23-8-6-14-13(12(23)3)5-4-7-19-14/h4-5,7,9,12H,6,8H2,1-3H3,(H,20,21,22)/t12-/m1/s1. The molecule has 1 atom stereocenters. The van der Waals surface area contributed by atoms with Crippen LogP contribution in [-0.2, 0) is 6.42 Å². The van der Waals surface area contributed by atoms with Crippen LogP contribution < -0.4 is 0 Å². The third-order valence-electron chi connectivity index (χ3n) is 4.93. The molecule has 24 heavy (non-hydrogen) atoms. The lowest BCUT2D eigenvalue weighted by atomic mass is 9.98. The van der Waals surface area contributed by atoms with Crippen LogP contribution in [0, 0.1) is 13.8 Å². The van der Waals surface area contributed by atoms with Crippen LogP contribution in [0.3, 0.4) is 0 Å². The Hall–Kier alpha value is -2.76. The molecule has 0 aliphatic carbocycles. The molecule has 0 unspecified atom stereocenters. The van der Waals surface area contributed by atoms with Gasteiger partial charge < -0.3 is 9.88 Å². The van der Waals surface area contributed by atoms with E-state index in [1.54, 1.807) is 12.4 Å². The molecule has 0 bridgehead atoms. The highest BCUT2D eigenvalue weighted by atomic mass is 16.2. The number of nitrogens with zero attached hydrogens (tertiary/aromatic N) is 4. The molecule has 122 valence electrons. The van der Waals surface area contributed by atoms with E-state index in [1.807, 2.05) is 37.8 Å². The summed E-state index contributed by atoms with van der Waals surface area (Å²) in [7, 11) is 0. The maximum absolute atomic E-state index is 13.0. The van der Waals surface area contributed by atoms with Crippen LogP contribution in [0.4, 0.5) is 0 Å². The highest BCUT2D eigenvalue weighted by Crippen LogP contribution is 2.29. The van der Waals surface area contributed by atoms with Crippen molar-refractivity contribution in [1.29, 1.82) is 0 Å². The molecule has 6 nitrogen and oxygen atoms in total. The minimum absolute atomic E-state index is 0.0149. The summed E-state index contributed by atoms with van der Waals surface area (Å²) in [4.78, 5) is 31.1. The summed E-state index contributed by atoms with van der Waals surface area (Å²) in [5.41, 5.74) is 5.77. The first kappa shape index (κ1) is 14.8. The van der Waals surface area contributed by atoms with Gasteiger partial charge in [-0.3, -0.25) is 9.78 Å². The van der Waals surface area contributed by atoms with E-state index in [0.29, 0.717) is 18.0 Å². The number of aryl methyl sites for hydroxylation is 2. The average molecular weight is 321 g/mol. The molecule has 0 radical (unpaired) electrons. The van der Waals surface area contributed by atoms with Crippen LogP contribution in [0.2, 0.25) is 0 Å². The second-order valence-corrected chi connectivity index (χ2v) is 6.31. The van der Waals surface area contributed by atoms with E-state index in [2.05, 4.69) is 19.9 Å². The molecule has 0 saturated carbocycles. The number of hydrogen-bond donors (Lipinski definition) is 1. The minimum atomic E-state index is -0.0907. The Kier molecular flexibility index (Phi) is 3.33. The Balaban J connectivity index is 1.71. The molecule has 0 saturated heterocycles. The van der Waals surface area contributed by atoms with Crippen molar-refractivity contribution >= 4 is 17.1 Å². The van der Waals surface area contributed by atoms with Crippen LogP contribution in [-0.4, -0.2) is 37.3 Å². The first-order valence-electron chi connectivity index (χ1n) is 8.13. The van der Waals surface area contributed by atoms with Gasteiger partial charge in [0.25, 0.3) is 5.91 Å². The van der Waals surface area contributed by atoms with E-state index in [1.165, 1.54) is 0 Å². The second kappa shape index (κ2) is 5.40. The molecular formula is C18H19N5O. The van der Waals surface area contributed by atoms with Crippen molar-refractivity contribution in [1.82, 2.24) is 24.8 Å². The Morgan fingerprint density at radius 3 is 3.00 bits per heavy atom. The number of fused-ring (bicyclic) bond motifs is 2. The second-order valence-electron chi connectivity index (χ2n) is 6.31. The quantitative estimate of drug-likeness (QED) is 0.748. The summed E-state index contributed by atoms with van der Waals surface area (Å²) in [6, 6.07) is 3.94. The smallest absolute Gasteiger partial charge is 0.290 e. The number of H-pyrrole nitrogens is 1. The van der Waals surface area contributed by atoms with Gasteiger partial charge in [-0.1, -0.05) is 6.07 Å². The lowest BCUT2D eigenvalue weighted by Gasteiger charge is -2.34. The fourth-order valence-electron chi connectivity index (χ4n) is 3.31. The van der Waals surface area contributed by atoms with Gasteiger partial charge in [-0.05, 0) is 43.5 Å². The number of aromatic amines is 1. The van der Waals surface area contributed by atoms with E-state index in [9.17, 15) is 4.79 Å². The van der Waals surface area contributed by atoms with E-state index < -0.39 is 0 Å². The average Bonchev–Trinajstić information content (AvgIpc) is 3.03. The molecule has 1 aliphatic rings. The molecule has 0 fully saturated rings. The molecule has 1 aliphatic heterocycles. The highest BCUT2D eigenvalue weighted by Gasteiger charge is 2.30. The predicted molar refractivity (Wildman–Crippen MR) is 90.8 cm³/mol. The number of imidazole rings is 1. The van der Waals surface area contributed by atoms with Crippen LogP contribution in [0.25, 0.3) is 11.2 Å². The first-order chi connectivity index (χ1) is 11.6. The van der Waals surface area contributed by atoms with Crippen LogP contribution >= 0.6 is 0 Å². The maximum Gasteiger partial charge on any atom is 0.290 e. The molecule has 1 N–H and O–H groups in total. The van der Waals surface area contributed by atoms with Gasteiger partial charge in [-0.15, -0.1) is 0 Å². The third kappa shape index (κ3) is 2.18. The maximum atomic E-state index is 13.0. The highest BCUT2D eigenvalue weighted by molar-refractivity contribution is 5.94. The van der Waals surface area contributed by atoms with E-state index in [-0.39, 0.29) is 11.9 Å². The number of amides is 1. The van der Waals surface area contributed by atoms with Crippen molar-refractivity contribution in [3.63, 3.8) is 0 Å². The van der Waals surface area contributed by atoms with E-state index >= 15 is 0 Å². The van der Waals surface area contributed by atoms with E-state index in [4.69, 9.17) is 0 Å². The summed E-state index contributed by atoms with van der Waals surface area (Å²) in [6.07, 6.45) is 4.36. The van der Waals surface area contributed by atoms with Crippen molar-refractivity contribution in [3.8, 4) is 0 Å². The van der Waals surface area contributed by atoms with Crippen molar-refractivity contribution in [3.05, 3.63) is 52.7 Å². The predicted octanol–water partition coefficient (Wildman–Crippen LogP) is 2.73. The van der Waals surface area contributed by atoms with Gasteiger partial charge >= 0.3 is 0 Å². The molecular weight excluding hydrogens is 302 g/mol. The van der Waals surface area contributed by atoms with Crippen molar-refractivity contribution < 1.29 is 4.79 Å². The zero-order chi connectivity index (χ0) is 16.8. The largest absolute Gasteiger partial charge is 0.332 e. The number of nitrogens with one attached hydrogen (secondary N) is 1. The number of hydrogen-bond acceptors (Lipinski definition) is 4. The van der Waals surface area contributed by atoms with Gasteiger partial charge in [0.2, 0.25) is 0 Å². The van der Waals surface area contributed by atoms with Gasteiger partial charge in [-0.25, -0.2) is 9.97 Å². The summed E-state index contributed by atoms with van der Waals surface area (Å²) < 4.78 is 0. The third-order valence-corrected chi connectivity index (χ3v) is 4.93. The van der Waals surface area contributed by atoms with Crippen molar-refractivity contribution in [2.24, 2.45) is 0 Å². The zero-order valence-electron chi connectivity index (χ0n) is 14.0. The van der Waals surface area contributed by atoms with Crippen LogP contribution in [0.15, 0.2) is 24.5 Å². The number of aromatic nitrogens is 4. The first-order valence-corrected chi connectivity index (χ1v) is 8.13. The molecule has 1 amide bonds. The van der Waals surface area contributed by atoms with Gasteiger partial charge in [0, 0.05) is 31.1 Å². The lowest BCUT2D eigenvalue weighted by Crippen LogP contribution is -2.39. The van der Waals surface area contributed by atoms with Crippen LogP contribution in [0.5, 0.6) is 0 Å². The zero-order valence-corrected chi connectivity index (χ0v) is 14.0. The van der Waals surface area contributed by atoms with Crippen molar-refractivity contribution in [2.75, 3.05) is 6.54 Å². The Morgan fingerprint density at radius 1 is 1.33 bits per heavy atom. The van der Waals surface area contributed by atoms with Gasteiger partial charge in [0.15, 0.2) is 11.5 Å². The topological polar surface area (TPSA) is 74.8 Å². The summed E-state index contributed by atoms with van der Waals surface area (Å²) in [6.45, 7) is 6.69. The lowest BCUT2D eigenvalue weighted by molar-refractivity contribution is 0.0665. The van der Waals surface area contributed by atoms with Gasteiger partial charge in [-0.2, -0.15) is 0 Å². The number of carbonyl (C=O) groups is 1. The molecule has 0 aromatic carbocycles. The summed E-state index contributed by atoms with van der Waals surface area (Å²) in [5.74, 6) is 0.262. The van der Waals surface area contributed by atoms with E-state index in [0.717, 1.165) is 34.3 Å². The Labute approximate surface area is 140 Å². The number of rotatable bonds is 1. The van der Waals surface area contributed by atoms with Crippen LogP contribution in [0.1, 0.15) is 46.0 Å². The monoisotopic (exact) mass is 321 g/mol. The summed E-state index contributed by atoms with van der Waals surface area (Å²) in [5, 5.41) is 0. The van der Waals surface area contributed by atoms with Crippen molar-refractivity contribution in [2.45, 2.75) is 33.2 Å². The fourth-order valence-corrected chi connectivity index (χ4v) is 3.31. The van der Waals surface area contributed by atoms with Gasteiger partial charge in [0.1, 0.15) is 0 Å². The molecule has 4 rings (SSSR count). The number of carbonyl (C=O) groups excluding carboxylic acids is 1. The minimum Gasteiger partial charge on any atom is -0.332 e. The normalized spacial score (nSPS) is 17.1. The molecule has 3 aromatic heterocycles. The Morgan fingerprint density at radius 2 is 2.17 bits per heavy atom. The molecule has 0 spiro atoms. The van der Waals surface area contributed by atoms with Gasteiger partial charge in [0.05, 0.1) is 11.6 Å². The molecule has 3 aromatic rings. The fraction of sp³-hybridized carbons (Fsp3) is 0.333. The summed E-state index contributed by atoms with van der Waals surface area (Å²) >= 11 is 0. The Bertz CT molecular complexity index is 946. The SMILES string of the molecule is Cc1cnc2nc(C(=O)N3CCc4ncccc4[C@H]3C)[nH]c2c1C. The molecule has 6 heteroatoms. The molecule has 4 heterocycles.